The molecule has 0 aliphatic carbocycles. The molecule has 2 aromatic rings. The molecule has 6 nitrogen and oxygen atoms in total. The Morgan fingerprint density at radius 2 is 1.79 bits per heavy atom. The van der Waals surface area contributed by atoms with Crippen LogP contribution in [0.15, 0.2) is 24.3 Å². The lowest BCUT2D eigenvalue weighted by molar-refractivity contribution is 0.0793. The molecule has 0 N–H and O–H groups in total. The summed E-state index contributed by atoms with van der Waals surface area (Å²) in [6.45, 7) is 7.45. The molecule has 0 bridgehead atoms. The van der Waals surface area contributed by atoms with Gasteiger partial charge in [-0.3, -0.25) is 9.69 Å². The van der Waals surface area contributed by atoms with Crippen molar-refractivity contribution in [1.82, 2.24) is 24.6 Å². The van der Waals surface area contributed by atoms with E-state index < -0.39 is 0 Å². The Balaban J connectivity index is 1.40. The number of likely N-dealkylation sites (tertiary alicyclic amines) is 1. The molecule has 6 heteroatoms. The van der Waals surface area contributed by atoms with E-state index in [1.165, 1.54) is 5.56 Å². The Morgan fingerprint density at radius 1 is 1.04 bits per heavy atom. The summed E-state index contributed by atoms with van der Waals surface area (Å²) in [5, 5.41) is 8.40. The lowest BCUT2D eigenvalue weighted by Crippen LogP contribution is -2.33. The number of nitrogens with zero attached hydrogens (tertiary/aromatic N) is 5. The zero-order valence-corrected chi connectivity index (χ0v) is 14.1. The molecular formula is C18H23N5O. The van der Waals surface area contributed by atoms with Gasteiger partial charge >= 0.3 is 0 Å². The molecule has 1 fully saturated rings. The van der Waals surface area contributed by atoms with Gasteiger partial charge in [-0.2, -0.15) is 0 Å². The van der Waals surface area contributed by atoms with Gasteiger partial charge in [0.25, 0.3) is 5.91 Å². The fourth-order valence-corrected chi connectivity index (χ4v) is 3.60. The van der Waals surface area contributed by atoms with E-state index in [1.807, 2.05) is 24.0 Å². The first kappa shape index (κ1) is 15.3. The number of carbonyl (C=O) groups is 1. The summed E-state index contributed by atoms with van der Waals surface area (Å²) in [5.74, 6) is 2.20. The van der Waals surface area contributed by atoms with E-state index in [2.05, 4.69) is 31.8 Å². The molecule has 0 radical (unpaired) electrons. The maximum atomic E-state index is 12.4. The molecule has 2 aliphatic heterocycles. The van der Waals surface area contributed by atoms with Gasteiger partial charge in [0.05, 0.1) is 6.54 Å². The lowest BCUT2D eigenvalue weighted by Gasteiger charge is -2.27. The molecule has 126 valence electrons. The Kier molecular flexibility index (Phi) is 4.06. The number of rotatable bonds is 3. The lowest BCUT2D eigenvalue weighted by atomic mass is 10.1. The second kappa shape index (κ2) is 6.36. The van der Waals surface area contributed by atoms with Crippen molar-refractivity contribution >= 4 is 5.91 Å². The zero-order valence-electron chi connectivity index (χ0n) is 14.1. The number of benzene rings is 1. The van der Waals surface area contributed by atoms with E-state index in [4.69, 9.17) is 0 Å². The zero-order chi connectivity index (χ0) is 16.5. The summed E-state index contributed by atoms with van der Waals surface area (Å²) in [5.41, 5.74) is 2.03. The van der Waals surface area contributed by atoms with Crippen molar-refractivity contribution < 1.29 is 4.79 Å². The van der Waals surface area contributed by atoms with Gasteiger partial charge in [0, 0.05) is 38.3 Å². The molecule has 24 heavy (non-hydrogen) atoms. The van der Waals surface area contributed by atoms with Gasteiger partial charge < -0.3 is 9.47 Å². The topological polar surface area (TPSA) is 54.3 Å². The van der Waals surface area contributed by atoms with Crippen LogP contribution >= 0.6 is 0 Å². The van der Waals surface area contributed by atoms with Crippen molar-refractivity contribution in [1.29, 1.82) is 0 Å². The van der Waals surface area contributed by atoms with Crippen molar-refractivity contribution in [2.24, 2.45) is 0 Å². The van der Waals surface area contributed by atoms with Crippen LogP contribution in [0, 0.1) is 6.92 Å². The third kappa shape index (κ3) is 2.94. The number of fused-ring (bicyclic) bond motifs is 1. The first-order valence-electron chi connectivity index (χ1n) is 8.70. The fraction of sp³-hybridized carbons (Fsp3) is 0.500. The van der Waals surface area contributed by atoms with E-state index in [0.29, 0.717) is 0 Å². The first-order valence-corrected chi connectivity index (χ1v) is 8.70. The third-order valence-corrected chi connectivity index (χ3v) is 5.02. The van der Waals surface area contributed by atoms with Crippen LogP contribution in [-0.2, 0) is 19.6 Å². The smallest absolute Gasteiger partial charge is 0.253 e. The van der Waals surface area contributed by atoms with Crippen LogP contribution < -0.4 is 0 Å². The molecule has 3 heterocycles. The third-order valence-electron chi connectivity index (χ3n) is 5.02. The van der Waals surface area contributed by atoms with Gasteiger partial charge in [0.2, 0.25) is 0 Å². The number of aryl methyl sites for hydroxylation is 1. The van der Waals surface area contributed by atoms with Crippen LogP contribution in [0.4, 0.5) is 0 Å². The van der Waals surface area contributed by atoms with Crippen molar-refractivity contribution in [3.8, 4) is 0 Å². The minimum absolute atomic E-state index is 0.167. The van der Waals surface area contributed by atoms with Crippen molar-refractivity contribution in [2.45, 2.75) is 39.4 Å². The molecule has 0 spiro atoms. The predicted octanol–water partition coefficient (Wildman–Crippen LogP) is 1.84. The quantitative estimate of drug-likeness (QED) is 0.864. The van der Waals surface area contributed by atoms with Gasteiger partial charge in [-0.05, 0) is 37.5 Å². The largest absolute Gasteiger partial charge is 0.339 e. The van der Waals surface area contributed by atoms with Gasteiger partial charge in [0.15, 0.2) is 0 Å². The Labute approximate surface area is 142 Å². The highest BCUT2D eigenvalue weighted by atomic mass is 16.2. The number of carbonyl (C=O) groups excluding carboxylic acids is 1. The highest BCUT2D eigenvalue weighted by molar-refractivity contribution is 5.94. The number of hydrogen-bond donors (Lipinski definition) is 0. The molecule has 4 rings (SSSR count). The van der Waals surface area contributed by atoms with Gasteiger partial charge in [0.1, 0.15) is 11.6 Å². The summed E-state index contributed by atoms with van der Waals surface area (Å²) in [4.78, 5) is 16.7. The van der Waals surface area contributed by atoms with Crippen LogP contribution in [0.3, 0.4) is 0 Å². The maximum Gasteiger partial charge on any atom is 0.253 e. The summed E-state index contributed by atoms with van der Waals surface area (Å²) < 4.78 is 2.19. The molecule has 0 atom stereocenters. The van der Waals surface area contributed by atoms with Gasteiger partial charge in [-0.25, -0.2) is 0 Å². The second-order valence-corrected chi connectivity index (χ2v) is 6.72. The molecular weight excluding hydrogens is 302 g/mol. The Hall–Kier alpha value is -2.21. The van der Waals surface area contributed by atoms with Crippen LogP contribution in [0.1, 0.15) is 40.4 Å². The minimum Gasteiger partial charge on any atom is -0.339 e. The molecule has 1 aromatic carbocycles. The summed E-state index contributed by atoms with van der Waals surface area (Å²) in [6.07, 6.45) is 2.26. The normalized spacial score (nSPS) is 18.0. The van der Waals surface area contributed by atoms with E-state index in [0.717, 1.165) is 69.3 Å². The van der Waals surface area contributed by atoms with E-state index >= 15 is 0 Å². The molecule has 1 saturated heterocycles. The van der Waals surface area contributed by atoms with Crippen LogP contribution in [0.25, 0.3) is 0 Å². The Bertz CT molecular complexity index is 730. The second-order valence-electron chi connectivity index (χ2n) is 6.72. The minimum atomic E-state index is 0.167. The summed E-state index contributed by atoms with van der Waals surface area (Å²) in [6, 6.07) is 8.08. The average Bonchev–Trinajstić information content (AvgIpc) is 3.25. The van der Waals surface area contributed by atoms with Crippen molar-refractivity contribution in [2.75, 3.05) is 19.6 Å². The summed E-state index contributed by atoms with van der Waals surface area (Å²) >= 11 is 0. The van der Waals surface area contributed by atoms with Crippen molar-refractivity contribution in [3.05, 3.63) is 47.0 Å². The molecule has 0 saturated carbocycles. The fourth-order valence-electron chi connectivity index (χ4n) is 3.60. The summed E-state index contributed by atoms with van der Waals surface area (Å²) in [7, 11) is 0. The van der Waals surface area contributed by atoms with Crippen LogP contribution in [-0.4, -0.2) is 50.1 Å². The number of amides is 1. The van der Waals surface area contributed by atoms with E-state index in [-0.39, 0.29) is 5.91 Å². The van der Waals surface area contributed by atoms with Crippen molar-refractivity contribution in [3.63, 3.8) is 0 Å². The SMILES string of the molecule is Cc1nnc2n1CCN(Cc1ccc(C(=O)N3CCCC3)cc1)C2. The first-order chi connectivity index (χ1) is 11.7. The molecule has 0 unspecified atom stereocenters. The predicted molar refractivity (Wildman–Crippen MR) is 90.5 cm³/mol. The monoisotopic (exact) mass is 325 g/mol. The van der Waals surface area contributed by atoms with E-state index in [9.17, 15) is 4.79 Å². The molecule has 2 aliphatic rings. The average molecular weight is 325 g/mol. The van der Waals surface area contributed by atoms with E-state index in [1.54, 1.807) is 0 Å². The van der Waals surface area contributed by atoms with Crippen LogP contribution in [0.5, 0.6) is 0 Å². The highest BCUT2D eigenvalue weighted by Gasteiger charge is 2.21. The standard InChI is InChI=1S/C18H23N5O/c1-14-19-20-17-13-21(10-11-23(14)17)12-15-4-6-16(7-5-15)18(24)22-8-2-3-9-22/h4-7H,2-3,8-13H2,1H3. The Morgan fingerprint density at radius 3 is 2.54 bits per heavy atom. The molecule has 1 amide bonds. The maximum absolute atomic E-state index is 12.4. The van der Waals surface area contributed by atoms with Gasteiger partial charge in [-0.15, -0.1) is 10.2 Å². The van der Waals surface area contributed by atoms with Gasteiger partial charge in [-0.1, -0.05) is 12.1 Å². The highest BCUT2D eigenvalue weighted by Crippen LogP contribution is 2.17. The number of hydrogen-bond acceptors (Lipinski definition) is 4. The van der Waals surface area contributed by atoms with Crippen LogP contribution in [0.2, 0.25) is 0 Å². The number of aromatic nitrogens is 3. The molecule has 1 aromatic heterocycles.